The van der Waals surface area contributed by atoms with Crippen molar-refractivity contribution in [1.82, 2.24) is 5.32 Å². The van der Waals surface area contributed by atoms with Crippen LogP contribution in [0.25, 0.3) is 0 Å². The van der Waals surface area contributed by atoms with Gasteiger partial charge in [0.15, 0.2) is 0 Å². The van der Waals surface area contributed by atoms with Crippen LogP contribution >= 0.6 is 0 Å². The Balaban J connectivity index is 1.76. The zero-order chi connectivity index (χ0) is 11.2. The Labute approximate surface area is 96.7 Å². The maximum atomic E-state index is 11.9. The second kappa shape index (κ2) is 6.21. The molecule has 0 aliphatic carbocycles. The molecule has 0 saturated carbocycles. The summed E-state index contributed by atoms with van der Waals surface area (Å²) in [5.74, 6) is -0.0613. The number of hydrogen-bond donors (Lipinski definition) is 1. The molecule has 2 aliphatic rings. The zero-order valence-electron chi connectivity index (χ0n) is 9.74. The van der Waals surface area contributed by atoms with E-state index < -0.39 is 0 Å². The van der Waals surface area contributed by atoms with Crippen LogP contribution in [0.3, 0.4) is 0 Å². The van der Waals surface area contributed by atoms with Crippen molar-refractivity contribution in [3.63, 3.8) is 0 Å². The van der Waals surface area contributed by atoms with Gasteiger partial charge in [0.2, 0.25) is 0 Å². The van der Waals surface area contributed by atoms with Crippen molar-refractivity contribution < 1.29 is 14.3 Å². The van der Waals surface area contributed by atoms with Crippen LogP contribution in [0.15, 0.2) is 0 Å². The lowest BCUT2D eigenvalue weighted by Crippen LogP contribution is -2.40. The van der Waals surface area contributed by atoms with Gasteiger partial charge in [-0.1, -0.05) is 12.8 Å². The van der Waals surface area contributed by atoms with E-state index in [9.17, 15) is 4.79 Å². The van der Waals surface area contributed by atoms with Crippen molar-refractivity contribution >= 4 is 5.97 Å². The van der Waals surface area contributed by atoms with Crippen LogP contribution in [-0.2, 0) is 14.3 Å². The van der Waals surface area contributed by atoms with Gasteiger partial charge in [0.05, 0.1) is 13.2 Å². The minimum Gasteiger partial charge on any atom is -0.461 e. The molecule has 0 aromatic heterocycles. The molecule has 0 aromatic rings. The molecule has 4 heteroatoms. The van der Waals surface area contributed by atoms with Crippen LogP contribution in [0.5, 0.6) is 0 Å². The Bertz CT molecular complexity index is 218. The molecule has 2 fully saturated rings. The normalized spacial score (nSPS) is 28.4. The smallest absolute Gasteiger partial charge is 0.323 e. The predicted octanol–water partition coefficient (Wildman–Crippen LogP) is 1.24. The molecule has 0 aromatic carbocycles. The van der Waals surface area contributed by atoms with Gasteiger partial charge in [-0.15, -0.1) is 0 Å². The van der Waals surface area contributed by atoms with Crippen molar-refractivity contribution in [2.24, 2.45) is 0 Å². The molecule has 0 radical (unpaired) electrons. The number of hydrogen-bond acceptors (Lipinski definition) is 4. The Morgan fingerprint density at radius 2 is 1.94 bits per heavy atom. The van der Waals surface area contributed by atoms with Gasteiger partial charge in [-0.3, -0.25) is 4.79 Å². The van der Waals surface area contributed by atoms with Gasteiger partial charge < -0.3 is 14.8 Å². The highest BCUT2D eigenvalue weighted by atomic mass is 16.6. The Kier molecular flexibility index (Phi) is 4.60. The molecule has 2 heterocycles. The third kappa shape index (κ3) is 3.46. The van der Waals surface area contributed by atoms with Crippen molar-refractivity contribution in [2.75, 3.05) is 19.8 Å². The summed E-state index contributed by atoms with van der Waals surface area (Å²) in [6.45, 7) is 2.37. The van der Waals surface area contributed by atoms with Crippen LogP contribution in [-0.4, -0.2) is 37.9 Å². The molecule has 1 atom stereocenters. The summed E-state index contributed by atoms with van der Waals surface area (Å²) in [6.07, 6.45) is 6.19. The van der Waals surface area contributed by atoms with E-state index in [1.54, 1.807) is 0 Å². The van der Waals surface area contributed by atoms with Gasteiger partial charge in [0, 0.05) is 12.8 Å². The average Bonchev–Trinajstić information content (AvgIpc) is 2.59. The SMILES string of the molecule is O=C(OC1CCOCC1)C1CCCCCN1. The largest absolute Gasteiger partial charge is 0.461 e. The highest BCUT2D eigenvalue weighted by Gasteiger charge is 2.25. The molecule has 2 aliphatic heterocycles. The quantitative estimate of drug-likeness (QED) is 0.721. The third-order valence-electron chi connectivity index (χ3n) is 3.30. The summed E-state index contributed by atoms with van der Waals surface area (Å²) in [5.41, 5.74) is 0. The van der Waals surface area contributed by atoms with Crippen molar-refractivity contribution in [1.29, 1.82) is 0 Å². The fourth-order valence-corrected chi connectivity index (χ4v) is 2.27. The summed E-state index contributed by atoms with van der Waals surface area (Å²) in [4.78, 5) is 11.9. The van der Waals surface area contributed by atoms with Crippen molar-refractivity contribution in [3.05, 3.63) is 0 Å². The molecule has 1 unspecified atom stereocenters. The number of rotatable bonds is 2. The summed E-state index contributed by atoms with van der Waals surface area (Å²) in [6, 6.07) is -0.0784. The summed E-state index contributed by atoms with van der Waals surface area (Å²) >= 11 is 0. The van der Waals surface area contributed by atoms with Gasteiger partial charge >= 0.3 is 5.97 Å². The van der Waals surface area contributed by atoms with Crippen molar-refractivity contribution in [3.8, 4) is 0 Å². The molecule has 16 heavy (non-hydrogen) atoms. The van der Waals surface area contributed by atoms with Crippen LogP contribution in [0.1, 0.15) is 38.5 Å². The van der Waals surface area contributed by atoms with Crippen LogP contribution in [0, 0.1) is 0 Å². The molecule has 92 valence electrons. The van der Waals surface area contributed by atoms with E-state index in [0.29, 0.717) is 0 Å². The predicted molar refractivity (Wildman–Crippen MR) is 60.2 cm³/mol. The molecule has 2 rings (SSSR count). The van der Waals surface area contributed by atoms with Crippen LogP contribution in [0.2, 0.25) is 0 Å². The zero-order valence-corrected chi connectivity index (χ0v) is 9.74. The third-order valence-corrected chi connectivity index (χ3v) is 3.30. The molecule has 4 nitrogen and oxygen atoms in total. The van der Waals surface area contributed by atoms with E-state index in [2.05, 4.69) is 5.32 Å². The van der Waals surface area contributed by atoms with Crippen LogP contribution < -0.4 is 5.32 Å². The second-order valence-corrected chi connectivity index (χ2v) is 4.60. The van der Waals surface area contributed by atoms with Crippen LogP contribution in [0.4, 0.5) is 0 Å². The molecule has 0 bridgehead atoms. The highest BCUT2D eigenvalue weighted by molar-refractivity contribution is 5.76. The summed E-state index contributed by atoms with van der Waals surface area (Å²) < 4.78 is 10.7. The molecular weight excluding hydrogens is 206 g/mol. The van der Waals surface area contributed by atoms with E-state index in [0.717, 1.165) is 45.4 Å². The topological polar surface area (TPSA) is 47.6 Å². The first-order valence-corrected chi connectivity index (χ1v) is 6.38. The van der Waals surface area contributed by atoms with E-state index in [1.807, 2.05) is 0 Å². The maximum Gasteiger partial charge on any atom is 0.323 e. The number of nitrogens with one attached hydrogen (secondary N) is 1. The number of esters is 1. The summed E-state index contributed by atoms with van der Waals surface area (Å²) in [7, 11) is 0. The lowest BCUT2D eigenvalue weighted by Gasteiger charge is -2.24. The average molecular weight is 227 g/mol. The van der Waals surface area contributed by atoms with E-state index in [-0.39, 0.29) is 18.1 Å². The molecular formula is C12H21NO3. The fraction of sp³-hybridized carbons (Fsp3) is 0.917. The van der Waals surface area contributed by atoms with Crippen molar-refractivity contribution in [2.45, 2.75) is 50.7 Å². The second-order valence-electron chi connectivity index (χ2n) is 4.60. The van der Waals surface area contributed by atoms with Gasteiger partial charge in [-0.05, 0) is 19.4 Å². The Morgan fingerprint density at radius 1 is 1.12 bits per heavy atom. The highest BCUT2D eigenvalue weighted by Crippen LogP contribution is 2.14. The lowest BCUT2D eigenvalue weighted by atomic mass is 10.1. The van der Waals surface area contributed by atoms with Gasteiger partial charge in [-0.25, -0.2) is 0 Å². The van der Waals surface area contributed by atoms with Gasteiger partial charge in [-0.2, -0.15) is 0 Å². The first kappa shape index (κ1) is 11.9. The van der Waals surface area contributed by atoms with Gasteiger partial charge in [0.1, 0.15) is 12.1 Å². The first-order valence-electron chi connectivity index (χ1n) is 6.38. The standard InChI is InChI=1S/C12H21NO3/c14-12(11-4-2-1-3-7-13-11)16-10-5-8-15-9-6-10/h10-11,13H,1-9H2. The molecule has 1 N–H and O–H groups in total. The van der Waals surface area contributed by atoms with E-state index in [4.69, 9.17) is 9.47 Å². The molecule has 0 spiro atoms. The Morgan fingerprint density at radius 3 is 2.75 bits per heavy atom. The van der Waals surface area contributed by atoms with Gasteiger partial charge in [0.25, 0.3) is 0 Å². The Hall–Kier alpha value is -0.610. The first-order chi connectivity index (χ1) is 7.86. The molecule has 0 amide bonds. The number of ether oxygens (including phenoxy) is 2. The minimum atomic E-state index is -0.0784. The van der Waals surface area contributed by atoms with E-state index in [1.165, 1.54) is 12.8 Å². The monoisotopic (exact) mass is 227 g/mol. The number of carbonyl (C=O) groups is 1. The fourth-order valence-electron chi connectivity index (χ4n) is 2.27. The molecule has 2 saturated heterocycles. The lowest BCUT2D eigenvalue weighted by molar-refractivity contribution is -0.155. The maximum absolute atomic E-state index is 11.9. The number of carbonyl (C=O) groups excluding carboxylic acids is 1. The van der Waals surface area contributed by atoms with E-state index >= 15 is 0 Å². The summed E-state index contributed by atoms with van der Waals surface area (Å²) in [5, 5.41) is 3.27. The minimum absolute atomic E-state index is 0.0613.